The molecule has 1 N–H and O–H groups in total. The third kappa shape index (κ3) is 2.78. The summed E-state index contributed by atoms with van der Waals surface area (Å²) in [4.78, 5) is 11.3. The van der Waals surface area contributed by atoms with Crippen LogP contribution in [-0.4, -0.2) is 13.1 Å². The van der Waals surface area contributed by atoms with E-state index in [0.717, 1.165) is 12.0 Å². The fourth-order valence-corrected chi connectivity index (χ4v) is 3.99. The van der Waals surface area contributed by atoms with Gasteiger partial charge in [-0.15, -0.1) is 0 Å². The molecule has 1 heterocycles. The van der Waals surface area contributed by atoms with Crippen LogP contribution in [0.5, 0.6) is 11.5 Å². The van der Waals surface area contributed by atoms with Gasteiger partial charge in [-0.25, -0.2) is 0 Å². The molecule has 0 spiro atoms. The molecular weight excluding hydrogens is 314 g/mol. The highest BCUT2D eigenvalue weighted by atomic mass is 16.6. The molecule has 4 nitrogen and oxygen atoms in total. The van der Waals surface area contributed by atoms with Crippen LogP contribution >= 0.6 is 0 Å². The molecule has 4 rings (SSSR count). The molecule has 3 atom stereocenters. The summed E-state index contributed by atoms with van der Waals surface area (Å²) in [7, 11) is 1.59. The summed E-state index contributed by atoms with van der Waals surface area (Å²) >= 11 is 0. The van der Waals surface area contributed by atoms with Crippen molar-refractivity contribution in [3.63, 3.8) is 0 Å². The Labute approximate surface area is 147 Å². The van der Waals surface area contributed by atoms with Crippen molar-refractivity contribution >= 4 is 11.7 Å². The van der Waals surface area contributed by atoms with Crippen LogP contribution in [0.3, 0.4) is 0 Å². The normalized spacial score (nSPS) is 23.4. The highest BCUT2D eigenvalue weighted by Gasteiger charge is 2.37. The van der Waals surface area contributed by atoms with Gasteiger partial charge in [0.15, 0.2) is 11.5 Å². The molecule has 1 aliphatic heterocycles. The van der Waals surface area contributed by atoms with Crippen molar-refractivity contribution in [1.82, 2.24) is 0 Å². The summed E-state index contributed by atoms with van der Waals surface area (Å²) in [6.45, 7) is 1.39. The largest absolute Gasteiger partial charge is 0.493 e. The van der Waals surface area contributed by atoms with E-state index >= 15 is 0 Å². The lowest BCUT2D eigenvalue weighted by atomic mass is 9.77. The molecule has 0 saturated carbocycles. The Balaban J connectivity index is 1.71. The summed E-state index contributed by atoms with van der Waals surface area (Å²) in [6, 6.07) is 14.5. The lowest BCUT2D eigenvalue weighted by molar-refractivity contribution is -0.132. The number of ether oxygens (including phenoxy) is 2. The fraction of sp³-hybridized carbons (Fsp3) is 0.286. The lowest BCUT2D eigenvalue weighted by Crippen LogP contribution is -2.29. The Hall–Kier alpha value is -2.75. The van der Waals surface area contributed by atoms with Gasteiger partial charge in [0.1, 0.15) is 0 Å². The van der Waals surface area contributed by atoms with Gasteiger partial charge in [0.05, 0.1) is 13.2 Å². The zero-order valence-corrected chi connectivity index (χ0v) is 14.4. The Kier molecular flexibility index (Phi) is 3.96. The van der Waals surface area contributed by atoms with E-state index in [1.807, 2.05) is 18.2 Å². The van der Waals surface area contributed by atoms with Crippen LogP contribution < -0.4 is 14.8 Å². The zero-order chi connectivity index (χ0) is 17.4. The van der Waals surface area contributed by atoms with E-state index in [9.17, 15) is 4.79 Å². The van der Waals surface area contributed by atoms with E-state index < -0.39 is 0 Å². The summed E-state index contributed by atoms with van der Waals surface area (Å²) in [6.07, 6.45) is 5.64. The highest BCUT2D eigenvalue weighted by molar-refractivity contribution is 5.70. The molecule has 2 aromatic carbocycles. The molecule has 1 aliphatic carbocycles. The molecule has 25 heavy (non-hydrogen) atoms. The highest BCUT2D eigenvalue weighted by Crippen LogP contribution is 2.50. The monoisotopic (exact) mass is 335 g/mol. The Morgan fingerprint density at radius 2 is 2.00 bits per heavy atom. The van der Waals surface area contributed by atoms with E-state index in [2.05, 4.69) is 41.7 Å². The molecule has 4 heteroatoms. The molecule has 3 unspecified atom stereocenters. The maximum Gasteiger partial charge on any atom is 0.308 e. The Morgan fingerprint density at radius 1 is 1.16 bits per heavy atom. The number of esters is 1. The van der Waals surface area contributed by atoms with E-state index in [4.69, 9.17) is 9.47 Å². The van der Waals surface area contributed by atoms with Gasteiger partial charge in [0.2, 0.25) is 0 Å². The molecule has 2 aromatic rings. The van der Waals surface area contributed by atoms with Crippen LogP contribution in [-0.2, 0) is 4.79 Å². The number of carbonyl (C=O) groups is 1. The average Bonchev–Trinajstić information content (AvgIpc) is 3.11. The number of hydrogen-bond acceptors (Lipinski definition) is 4. The van der Waals surface area contributed by atoms with Gasteiger partial charge in [-0.1, -0.05) is 36.4 Å². The number of methoxy groups -OCH3 is 1. The minimum Gasteiger partial charge on any atom is -0.493 e. The fourth-order valence-electron chi connectivity index (χ4n) is 3.99. The lowest BCUT2D eigenvalue weighted by Gasteiger charge is -2.37. The second kappa shape index (κ2) is 6.28. The second-order valence-corrected chi connectivity index (χ2v) is 6.57. The smallest absolute Gasteiger partial charge is 0.308 e. The van der Waals surface area contributed by atoms with Gasteiger partial charge in [-0.2, -0.15) is 0 Å². The number of benzene rings is 2. The van der Waals surface area contributed by atoms with E-state index in [-0.39, 0.29) is 12.0 Å². The predicted molar refractivity (Wildman–Crippen MR) is 97.1 cm³/mol. The van der Waals surface area contributed by atoms with Crippen LogP contribution in [0.4, 0.5) is 5.69 Å². The predicted octanol–water partition coefficient (Wildman–Crippen LogP) is 4.45. The van der Waals surface area contributed by atoms with Gasteiger partial charge < -0.3 is 14.8 Å². The first-order valence-corrected chi connectivity index (χ1v) is 8.56. The maximum absolute atomic E-state index is 11.3. The molecule has 0 saturated heterocycles. The summed E-state index contributed by atoms with van der Waals surface area (Å²) in [5.41, 5.74) is 3.69. The first kappa shape index (κ1) is 15.8. The van der Waals surface area contributed by atoms with Crippen molar-refractivity contribution in [2.24, 2.45) is 5.92 Å². The summed E-state index contributed by atoms with van der Waals surface area (Å²) < 4.78 is 10.7. The number of anilines is 1. The van der Waals surface area contributed by atoms with Gasteiger partial charge in [0, 0.05) is 18.5 Å². The van der Waals surface area contributed by atoms with Crippen molar-refractivity contribution in [2.75, 3.05) is 12.4 Å². The van der Waals surface area contributed by atoms with E-state index in [1.165, 1.54) is 18.2 Å². The van der Waals surface area contributed by atoms with Gasteiger partial charge >= 0.3 is 5.97 Å². The van der Waals surface area contributed by atoms with Crippen molar-refractivity contribution in [2.45, 2.75) is 25.3 Å². The number of fused-ring (bicyclic) bond motifs is 3. The standard InChI is InChI=1S/C21H21NO3/c1-13(23)25-19-11-10-14(12-20(19)24-2)21-17-8-5-7-15(17)16-6-3-4-9-18(16)22-21/h3-7,9-12,15,17,21-22H,8H2,1-2H3. The SMILES string of the molecule is COc1cc(C2Nc3ccccc3C3C=CCC32)ccc1OC(C)=O. The quantitative estimate of drug-likeness (QED) is 0.511. The number of carbonyl (C=O) groups excluding carboxylic acids is 1. The van der Waals surface area contributed by atoms with E-state index in [0.29, 0.717) is 23.3 Å². The van der Waals surface area contributed by atoms with Crippen molar-refractivity contribution in [3.8, 4) is 11.5 Å². The summed E-state index contributed by atoms with van der Waals surface area (Å²) in [5, 5.41) is 3.69. The molecule has 2 aliphatic rings. The van der Waals surface area contributed by atoms with Gasteiger partial charge in [-0.3, -0.25) is 4.79 Å². The number of nitrogens with one attached hydrogen (secondary N) is 1. The van der Waals surface area contributed by atoms with Crippen LogP contribution in [0.15, 0.2) is 54.6 Å². The third-order valence-corrected chi connectivity index (χ3v) is 5.07. The number of allylic oxidation sites excluding steroid dienone is 2. The molecule has 0 aromatic heterocycles. The van der Waals surface area contributed by atoms with Crippen molar-refractivity contribution in [3.05, 3.63) is 65.7 Å². The Bertz CT molecular complexity index is 843. The minimum atomic E-state index is -0.351. The van der Waals surface area contributed by atoms with Gasteiger partial charge in [-0.05, 0) is 41.7 Å². The third-order valence-electron chi connectivity index (χ3n) is 5.07. The van der Waals surface area contributed by atoms with Crippen LogP contribution in [0.1, 0.15) is 36.4 Å². The topological polar surface area (TPSA) is 47.6 Å². The first-order chi connectivity index (χ1) is 12.2. The molecule has 0 amide bonds. The molecule has 0 radical (unpaired) electrons. The van der Waals surface area contributed by atoms with Gasteiger partial charge in [0.25, 0.3) is 0 Å². The minimum absolute atomic E-state index is 0.190. The van der Waals surface area contributed by atoms with Crippen LogP contribution in [0.25, 0.3) is 0 Å². The number of hydrogen-bond donors (Lipinski definition) is 1. The van der Waals surface area contributed by atoms with Crippen molar-refractivity contribution < 1.29 is 14.3 Å². The molecular formula is C21H21NO3. The number of para-hydroxylation sites is 1. The van der Waals surface area contributed by atoms with Crippen LogP contribution in [0.2, 0.25) is 0 Å². The molecule has 128 valence electrons. The molecule has 0 fully saturated rings. The van der Waals surface area contributed by atoms with E-state index in [1.54, 1.807) is 7.11 Å². The number of rotatable bonds is 3. The summed E-state index contributed by atoms with van der Waals surface area (Å²) in [5.74, 6) is 1.59. The zero-order valence-electron chi connectivity index (χ0n) is 14.4. The second-order valence-electron chi connectivity index (χ2n) is 6.57. The average molecular weight is 335 g/mol. The first-order valence-electron chi connectivity index (χ1n) is 8.56. The van der Waals surface area contributed by atoms with Crippen molar-refractivity contribution in [1.29, 1.82) is 0 Å². The maximum atomic E-state index is 11.3. The molecule has 0 bridgehead atoms. The van der Waals surface area contributed by atoms with Crippen LogP contribution in [0, 0.1) is 5.92 Å². The Morgan fingerprint density at radius 3 is 2.80 bits per heavy atom.